The van der Waals surface area contributed by atoms with E-state index in [0.717, 1.165) is 6.20 Å². The number of hydrogen-bond donors (Lipinski definition) is 2. The lowest BCUT2D eigenvalue weighted by Gasteiger charge is -2.07. The summed E-state index contributed by atoms with van der Waals surface area (Å²) < 4.78 is 25.1. The SMILES string of the molecule is NC(CO)c1ncc(F)cc1F. The number of pyridine rings is 1. The monoisotopic (exact) mass is 174 g/mol. The Morgan fingerprint density at radius 1 is 1.58 bits per heavy atom. The molecule has 0 amide bonds. The van der Waals surface area contributed by atoms with Gasteiger partial charge in [0, 0.05) is 6.07 Å². The molecule has 0 aromatic carbocycles. The van der Waals surface area contributed by atoms with Crippen LogP contribution >= 0.6 is 0 Å². The van der Waals surface area contributed by atoms with Gasteiger partial charge in [-0.3, -0.25) is 4.98 Å². The quantitative estimate of drug-likeness (QED) is 0.680. The van der Waals surface area contributed by atoms with E-state index in [9.17, 15) is 8.78 Å². The van der Waals surface area contributed by atoms with E-state index < -0.39 is 24.3 Å². The molecule has 1 heterocycles. The second-order valence-corrected chi connectivity index (χ2v) is 2.31. The first-order chi connectivity index (χ1) is 5.65. The van der Waals surface area contributed by atoms with Crippen molar-refractivity contribution in [1.82, 2.24) is 4.98 Å². The summed E-state index contributed by atoms with van der Waals surface area (Å²) in [4.78, 5) is 3.41. The topological polar surface area (TPSA) is 59.1 Å². The maximum Gasteiger partial charge on any atom is 0.149 e. The molecule has 0 spiro atoms. The zero-order chi connectivity index (χ0) is 9.14. The molecule has 1 aromatic heterocycles. The number of nitrogens with zero attached hydrogens (tertiary/aromatic N) is 1. The summed E-state index contributed by atoms with van der Waals surface area (Å²) in [5, 5.41) is 8.56. The lowest BCUT2D eigenvalue weighted by molar-refractivity contribution is 0.262. The fraction of sp³-hybridized carbons (Fsp3) is 0.286. The number of rotatable bonds is 2. The Kier molecular flexibility index (Phi) is 2.67. The van der Waals surface area contributed by atoms with Crippen LogP contribution in [0, 0.1) is 11.6 Å². The first-order valence-electron chi connectivity index (χ1n) is 3.32. The fourth-order valence-electron chi connectivity index (χ4n) is 0.784. The molecule has 0 saturated heterocycles. The van der Waals surface area contributed by atoms with Crippen LogP contribution in [-0.4, -0.2) is 16.7 Å². The number of nitrogens with two attached hydrogens (primary N) is 1. The Morgan fingerprint density at radius 2 is 2.25 bits per heavy atom. The minimum Gasteiger partial charge on any atom is -0.394 e. The highest BCUT2D eigenvalue weighted by Gasteiger charge is 2.12. The van der Waals surface area contributed by atoms with Crippen LogP contribution in [0.15, 0.2) is 12.3 Å². The fourth-order valence-corrected chi connectivity index (χ4v) is 0.784. The van der Waals surface area contributed by atoms with Gasteiger partial charge in [-0.1, -0.05) is 0 Å². The smallest absolute Gasteiger partial charge is 0.149 e. The Hall–Kier alpha value is -1.07. The Bertz CT molecular complexity index is 280. The van der Waals surface area contributed by atoms with Gasteiger partial charge < -0.3 is 10.8 Å². The standard InChI is InChI=1S/C7H8F2N2O/c8-4-1-5(9)7(11-2-4)6(10)3-12/h1-2,6,12H,3,10H2. The molecule has 0 fully saturated rings. The minimum atomic E-state index is -0.898. The van der Waals surface area contributed by atoms with Gasteiger partial charge in [0.15, 0.2) is 0 Å². The number of aliphatic hydroxyl groups excluding tert-OH is 1. The van der Waals surface area contributed by atoms with E-state index in [1.807, 2.05) is 0 Å². The van der Waals surface area contributed by atoms with Crippen LogP contribution in [-0.2, 0) is 0 Å². The number of hydrogen-bond acceptors (Lipinski definition) is 3. The van der Waals surface area contributed by atoms with Gasteiger partial charge in [0.1, 0.15) is 11.6 Å². The first kappa shape index (κ1) is 9.02. The third-order valence-corrected chi connectivity index (χ3v) is 1.38. The van der Waals surface area contributed by atoms with Crippen LogP contribution in [0.3, 0.4) is 0 Å². The van der Waals surface area contributed by atoms with Crippen molar-refractivity contribution in [3.8, 4) is 0 Å². The molecule has 3 nitrogen and oxygen atoms in total. The summed E-state index contributed by atoms with van der Waals surface area (Å²) in [6.07, 6.45) is 0.855. The third kappa shape index (κ3) is 1.75. The molecular formula is C7H8F2N2O. The zero-order valence-electron chi connectivity index (χ0n) is 6.17. The molecule has 5 heteroatoms. The van der Waals surface area contributed by atoms with Crippen molar-refractivity contribution in [1.29, 1.82) is 0 Å². The summed E-state index contributed by atoms with van der Waals surface area (Å²) in [6.45, 7) is -0.421. The molecule has 0 aliphatic carbocycles. The first-order valence-corrected chi connectivity index (χ1v) is 3.32. The number of halogens is 2. The molecule has 12 heavy (non-hydrogen) atoms. The molecule has 0 aliphatic rings. The molecule has 1 atom stereocenters. The van der Waals surface area contributed by atoms with Crippen LogP contribution in [0.1, 0.15) is 11.7 Å². The van der Waals surface area contributed by atoms with Gasteiger partial charge in [-0.05, 0) is 0 Å². The van der Waals surface area contributed by atoms with E-state index >= 15 is 0 Å². The second-order valence-electron chi connectivity index (χ2n) is 2.31. The maximum absolute atomic E-state index is 12.8. The summed E-state index contributed by atoms with van der Waals surface area (Å²) >= 11 is 0. The van der Waals surface area contributed by atoms with E-state index in [2.05, 4.69) is 4.98 Å². The minimum absolute atomic E-state index is 0.126. The highest BCUT2D eigenvalue weighted by molar-refractivity contribution is 5.12. The zero-order valence-corrected chi connectivity index (χ0v) is 6.17. The molecule has 0 bridgehead atoms. The van der Waals surface area contributed by atoms with Crippen molar-refractivity contribution in [3.05, 3.63) is 29.6 Å². The summed E-state index contributed by atoms with van der Waals surface area (Å²) in [6, 6.07) is -0.219. The number of aromatic nitrogens is 1. The van der Waals surface area contributed by atoms with E-state index in [0.29, 0.717) is 6.07 Å². The van der Waals surface area contributed by atoms with Crippen molar-refractivity contribution in [2.75, 3.05) is 6.61 Å². The molecule has 0 radical (unpaired) electrons. The molecule has 66 valence electrons. The van der Waals surface area contributed by atoms with Crippen molar-refractivity contribution >= 4 is 0 Å². The van der Waals surface area contributed by atoms with Crippen LogP contribution in [0.25, 0.3) is 0 Å². The van der Waals surface area contributed by atoms with Crippen LogP contribution in [0.5, 0.6) is 0 Å². The van der Waals surface area contributed by atoms with E-state index in [1.54, 1.807) is 0 Å². The van der Waals surface area contributed by atoms with Crippen molar-refractivity contribution in [3.63, 3.8) is 0 Å². The van der Waals surface area contributed by atoms with Crippen molar-refractivity contribution in [2.24, 2.45) is 5.73 Å². The highest BCUT2D eigenvalue weighted by Crippen LogP contribution is 2.11. The molecule has 1 aromatic rings. The van der Waals surface area contributed by atoms with Gasteiger partial charge >= 0.3 is 0 Å². The largest absolute Gasteiger partial charge is 0.394 e. The normalized spacial score (nSPS) is 13.0. The Labute approximate surface area is 67.8 Å². The average Bonchev–Trinajstić information content (AvgIpc) is 2.03. The van der Waals surface area contributed by atoms with Crippen molar-refractivity contribution < 1.29 is 13.9 Å². The van der Waals surface area contributed by atoms with E-state index in [4.69, 9.17) is 10.8 Å². The third-order valence-electron chi connectivity index (χ3n) is 1.38. The number of aliphatic hydroxyl groups is 1. The Morgan fingerprint density at radius 3 is 2.75 bits per heavy atom. The molecule has 0 saturated carbocycles. The van der Waals surface area contributed by atoms with Gasteiger partial charge in [0.25, 0.3) is 0 Å². The van der Waals surface area contributed by atoms with Gasteiger partial charge in [-0.2, -0.15) is 0 Å². The van der Waals surface area contributed by atoms with Crippen LogP contribution < -0.4 is 5.73 Å². The summed E-state index contributed by atoms with van der Waals surface area (Å²) in [5.74, 6) is -1.60. The molecule has 1 rings (SSSR count). The van der Waals surface area contributed by atoms with Gasteiger partial charge in [-0.15, -0.1) is 0 Å². The molecule has 0 aliphatic heterocycles. The lowest BCUT2D eigenvalue weighted by atomic mass is 10.2. The second kappa shape index (κ2) is 3.55. The predicted molar refractivity (Wildman–Crippen MR) is 38.2 cm³/mol. The maximum atomic E-state index is 12.8. The molecule has 3 N–H and O–H groups in total. The van der Waals surface area contributed by atoms with Gasteiger partial charge in [-0.25, -0.2) is 8.78 Å². The van der Waals surface area contributed by atoms with E-state index in [-0.39, 0.29) is 5.69 Å². The summed E-state index contributed by atoms with van der Waals surface area (Å²) in [7, 11) is 0. The highest BCUT2D eigenvalue weighted by atomic mass is 19.1. The van der Waals surface area contributed by atoms with Crippen LogP contribution in [0.2, 0.25) is 0 Å². The molecule has 1 unspecified atom stereocenters. The van der Waals surface area contributed by atoms with Gasteiger partial charge in [0.05, 0.1) is 24.5 Å². The Balaban J connectivity index is 3.01. The predicted octanol–water partition coefficient (Wildman–Crippen LogP) is 0.352. The summed E-state index contributed by atoms with van der Waals surface area (Å²) in [5.41, 5.74) is 5.14. The van der Waals surface area contributed by atoms with Crippen LogP contribution in [0.4, 0.5) is 8.78 Å². The van der Waals surface area contributed by atoms with Gasteiger partial charge in [0.2, 0.25) is 0 Å². The van der Waals surface area contributed by atoms with E-state index in [1.165, 1.54) is 0 Å². The lowest BCUT2D eigenvalue weighted by Crippen LogP contribution is -2.17. The van der Waals surface area contributed by atoms with Crippen molar-refractivity contribution in [2.45, 2.75) is 6.04 Å². The molecular weight excluding hydrogens is 166 g/mol. The average molecular weight is 174 g/mol.